The Morgan fingerprint density at radius 2 is 2.27 bits per heavy atom. The zero-order valence-corrected chi connectivity index (χ0v) is 9.34. The van der Waals surface area contributed by atoms with E-state index in [0.717, 1.165) is 24.5 Å². The van der Waals surface area contributed by atoms with Crippen LogP contribution in [0.15, 0.2) is 18.2 Å². The molecule has 0 aromatic heterocycles. The van der Waals surface area contributed by atoms with Gasteiger partial charge in [-0.3, -0.25) is 0 Å². The molecule has 1 aliphatic heterocycles. The lowest BCUT2D eigenvalue weighted by Gasteiger charge is -2.25. The molecule has 1 aromatic rings. The second kappa shape index (κ2) is 3.74. The minimum Gasteiger partial charge on any atom is -0.493 e. The minimum absolute atomic E-state index is 0.0618. The number of ether oxygens (including phenoxy) is 1. The van der Waals surface area contributed by atoms with Gasteiger partial charge < -0.3 is 15.8 Å². The molecule has 0 radical (unpaired) electrons. The van der Waals surface area contributed by atoms with Crippen LogP contribution in [0.25, 0.3) is 0 Å². The Kier molecular flexibility index (Phi) is 2.57. The normalized spacial score (nSPS) is 14.6. The molecule has 1 heterocycles. The first kappa shape index (κ1) is 10.3. The molecule has 1 aliphatic rings. The fraction of sp³-hybridized carbons (Fsp3) is 0.500. The lowest BCUT2D eigenvalue weighted by Crippen LogP contribution is -2.39. The van der Waals surface area contributed by atoms with Crippen molar-refractivity contribution in [3.8, 4) is 5.75 Å². The molecule has 0 amide bonds. The third-order valence-electron chi connectivity index (χ3n) is 2.68. The quantitative estimate of drug-likeness (QED) is 0.792. The summed E-state index contributed by atoms with van der Waals surface area (Å²) in [5.74, 6) is 1.02. The molecule has 0 fully saturated rings. The van der Waals surface area contributed by atoms with Gasteiger partial charge >= 0.3 is 0 Å². The molecule has 15 heavy (non-hydrogen) atoms. The monoisotopic (exact) mass is 206 g/mol. The van der Waals surface area contributed by atoms with Crippen LogP contribution in [-0.4, -0.2) is 18.7 Å². The van der Waals surface area contributed by atoms with E-state index >= 15 is 0 Å². The predicted molar refractivity (Wildman–Crippen MR) is 62.4 cm³/mol. The minimum atomic E-state index is -0.0618. The van der Waals surface area contributed by atoms with Crippen LogP contribution in [0, 0.1) is 0 Å². The fourth-order valence-corrected chi connectivity index (χ4v) is 1.71. The van der Waals surface area contributed by atoms with Gasteiger partial charge in [-0.15, -0.1) is 0 Å². The second-order valence-electron chi connectivity index (χ2n) is 4.63. The highest BCUT2D eigenvalue weighted by Crippen LogP contribution is 2.28. The highest BCUT2D eigenvalue weighted by molar-refractivity contribution is 5.53. The van der Waals surface area contributed by atoms with Crippen molar-refractivity contribution in [1.82, 2.24) is 0 Å². The summed E-state index contributed by atoms with van der Waals surface area (Å²) in [4.78, 5) is 0. The van der Waals surface area contributed by atoms with E-state index in [0.29, 0.717) is 6.54 Å². The maximum atomic E-state index is 5.68. The number of fused-ring (bicyclic) bond motifs is 1. The standard InChI is InChI=1S/C12H18N2O/c1-12(2,8-13)14-10-3-4-11-9(7-10)5-6-15-11/h3-4,7,14H,5-6,8,13H2,1-2H3. The molecule has 3 N–H and O–H groups in total. The van der Waals surface area contributed by atoms with Crippen molar-refractivity contribution in [2.45, 2.75) is 25.8 Å². The van der Waals surface area contributed by atoms with Crippen LogP contribution < -0.4 is 15.8 Å². The lowest BCUT2D eigenvalue weighted by atomic mass is 10.0. The molecule has 0 atom stereocenters. The van der Waals surface area contributed by atoms with Crippen molar-refractivity contribution >= 4 is 5.69 Å². The molecule has 0 bridgehead atoms. The lowest BCUT2D eigenvalue weighted by molar-refractivity contribution is 0.357. The number of rotatable bonds is 3. The smallest absolute Gasteiger partial charge is 0.122 e. The first-order valence-corrected chi connectivity index (χ1v) is 5.35. The SMILES string of the molecule is CC(C)(CN)Nc1ccc2c(c1)CCO2. The summed E-state index contributed by atoms with van der Waals surface area (Å²) < 4.78 is 5.46. The molecule has 2 rings (SSSR count). The van der Waals surface area contributed by atoms with Crippen LogP contribution in [0.2, 0.25) is 0 Å². The van der Waals surface area contributed by atoms with Gasteiger partial charge in [-0.05, 0) is 37.6 Å². The molecule has 0 spiro atoms. The van der Waals surface area contributed by atoms with Gasteiger partial charge in [0.05, 0.1) is 6.61 Å². The van der Waals surface area contributed by atoms with E-state index < -0.39 is 0 Å². The average molecular weight is 206 g/mol. The summed E-state index contributed by atoms with van der Waals surface area (Å²) in [5.41, 5.74) is 8.02. The summed E-state index contributed by atoms with van der Waals surface area (Å²) in [6.45, 7) is 5.60. The largest absolute Gasteiger partial charge is 0.493 e. The van der Waals surface area contributed by atoms with Gasteiger partial charge in [0, 0.05) is 24.2 Å². The van der Waals surface area contributed by atoms with Gasteiger partial charge in [-0.2, -0.15) is 0 Å². The first-order chi connectivity index (χ1) is 7.11. The highest BCUT2D eigenvalue weighted by atomic mass is 16.5. The Hall–Kier alpha value is -1.22. The van der Waals surface area contributed by atoms with Crippen LogP contribution in [-0.2, 0) is 6.42 Å². The van der Waals surface area contributed by atoms with Crippen molar-refractivity contribution < 1.29 is 4.74 Å². The molecule has 3 heteroatoms. The number of hydrogen-bond acceptors (Lipinski definition) is 3. The molecule has 0 saturated heterocycles. The number of anilines is 1. The fourth-order valence-electron chi connectivity index (χ4n) is 1.71. The van der Waals surface area contributed by atoms with Gasteiger partial charge in [0.25, 0.3) is 0 Å². The van der Waals surface area contributed by atoms with Crippen molar-refractivity contribution in [2.75, 3.05) is 18.5 Å². The summed E-state index contributed by atoms with van der Waals surface area (Å²) in [7, 11) is 0. The Morgan fingerprint density at radius 3 is 3.00 bits per heavy atom. The van der Waals surface area contributed by atoms with Crippen LogP contribution in [0.3, 0.4) is 0 Å². The van der Waals surface area contributed by atoms with E-state index in [1.54, 1.807) is 0 Å². The third kappa shape index (κ3) is 2.23. The van der Waals surface area contributed by atoms with Gasteiger partial charge in [-0.25, -0.2) is 0 Å². The molecule has 82 valence electrons. The van der Waals surface area contributed by atoms with Crippen LogP contribution in [0.1, 0.15) is 19.4 Å². The average Bonchev–Trinajstić information content (AvgIpc) is 2.64. The summed E-state index contributed by atoms with van der Waals surface area (Å²) >= 11 is 0. The molecule has 3 nitrogen and oxygen atoms in total. The van der Waals surface area contributed by atoms with Crippen molar-refractivity contribution in [3.63, 3.8) is 0 Å². The van der Waals surface area contributed by atoms with Gasteiger partial charge in [0.2, 0.25) is 0 Å². The Morgan fingerprint density at radius 1 is 1.47 bits per heavy atom. The molecule has 0 aliphatic carbocycles. The number of nitrogens with one attached hydrogen (secondary N) is 1. The second-order valence-corrected chi connectivity index (χ2v) is 4.63. The Bertz CT molecular complexity index is 361. The molecule has 1 aromatic carbocycles. The van der Waals surface area contributed by atoms with E-state index in [2.05, 4.69) is 25.2 Å². The van der Waals surface area contributed by atoms with Gasteiger partial charge in [0.1, 0.15) is 5.75 Å². The van der Waals surface area contributed by atoms with E-state index in [4.69, 9.17) is 10.5 Å². The number of nitrogens with two attached hydrogens (primary N) is 1. The summed E-state index contributed by atoms with van der Waals surface area (Å²) in [6, 6.07) is 6.22. The van der Waals surface area contributed by atoms with Crippen molar-refractivity contribution in [3.05, 3.63) is 23.8 Å². The molecular formula is C12H18N2O. The van der Waals surface area contributed by atoms with Crippen molar-refractivity contribution in [2.24, 2.45) is 5.73 Å². The van der Waals surface area contributed by atoms with Crippen LogP contribution in [0.4, 0.5) is 5.69 Å². The Labute approximate surface area is 90.6 Å². The maximum absolute atomic E-state index is 5.68. The van der Waals surface area contributed by atoms with Gasteiger partial charge in [0.15, 0.2) is 0 Å². The third-order valence-corrected chi connectivity index (χ3v) is 2.68. The van der Waals surface area contributed by atoms with Crippen LogP contribution in [0.5, 0.6) is 5.75 Å². The van der Waals surface area contributed by atoms with E-state index in [-0.39, 0.29) is 5.54 Å². The molecule has 0 saturated carbocycles. The van der Waals surface area contributed by atoms with Gasteiger partial charge in [-0.1, -0.05) is 0 Å². The van der Waals surface area contributed by atoms with E-state index in [1.807, 2.05) is 12.1 Å². The summed E-state index contributed by atoms with van der Waals surface area (Å²) in [5, 5.41) is 3.42. The van der Waals surface area contributed by atoms with Crippen LogP contribution >= 0.6 is 0 Å². The predicted octanol–water partition coefficient (Wildman–Crippen LogP) is 1.77. The van der Waals surface area contributed by atoms with E-state index in [9.17, 15) is 0 Å². The Balaban J connectivity index is 2.17. The number of benzene rings is 1. The topological polar surface area (TPSA) is 47.3 Å². The zero-order chi connectivity index (χ0) is 10.9. The molecule has 0 unspecified atom stereocenters. The zero-order valence-electron chi connectivity index (χ0n) is 9.34. The maximum Gasteiger partial charge on any atom is 0.122 e. The van der Waals surface area contributed by atoms with E-state index in [1.165, 1.54) is 5.56 Å². The molecular weight excluding hydrogens is 188 g/mol. The first-order valence-electron chi connectivity index (χ1n) is 5.35. The highest BCUT2D eigenvalue weighted by Gasteiger charge is 2.17. The van der Waals surface area contributed by atoms with Crippen molar-refractivity contribution in [1.29, 1.82) is 0 Å². The number of hydrogen-bond donors (Lipinski definition) is 2. The summed E-state index contributed by atoms with van der Waals surface area (Å²) in [6.07, 6.45) is 1.01.